The van der Waals surface area contributed by atoms with Crippen LogP contribution in [0.15, 0.2) is 54.5 Å². The predicted octanol–water partition coefficient (Wildman–Crippen LogP) is 1.35. The summed E-state index contributed by atoms with van der Waals surface area (Å²) in [5.74, 6) is 0.217. The summed E-state index contributed by atoms with van der Waals surface area (Å²) < 4.78 is 0. The maximum atomic E-state index is 12.3. The summed E-state index contributed by atoms with van der Waals surface area (Å²) in [6.45, 7) is 2.71. The van der Waals surface area contributed by atoms with E-state index in [9.17, 15) is 15.2 Å². The highest BCUT2D eigenvalue weighted by atomic mass is 16.3. The van der Waals surface area contributed by atoms with Crippen LogP contribution < -0.4 is 10.2 Å². The van der Waals surface area contributed by atoms with E-state index < -0.39 is 5.91 Å². The third-order valence-corrected chi connectivity index (χ3v) is 3.93. The molecule has 1 saturated heterocycles. The number of rotatable bonds is 4. The summed E-state index contributed by atoms with van der Waals surface area (Å²) in [6, 6.07) is 9.89. The smallest absolute Gasteiger partial charge is 0.267 e. The van der Waals surface area contributed by atoms with Crippen LogP contribution in [-0.2, 0) is 4.79 Å². The molecule has 3 rings (SSSR count). The second-order valence-corrected chi connectivity index (χ2v) is 5.73. The Morgan fingerprint density at radius 1 is 1.19 bits per heavy atom. The van der Waals surface area contributed by atoms with Crippen LogP contribution >= 0.6 is 0 Å². The molecule has 0 unspecified atom stereocenters. The lowest BCUT2D eigenvalue weighted by atomic mass is 10.2. The van der Waals surface area contributed by atoms with Crippen LogP contribution in [0.4, 0.5) is 11.6 Å². The molecule has 0 aliphatic carbocycles. The average molecular weight is 350 g/mol. The van der Waals surface area contributed by atoms with Crippen molar-refractivity contribution in [3.8, 4) is 11.8 Å². The van der Waals surface area contributed by atoms with Crippen molar-refractivity contribution in [3.05, 3.63) is 54.5 Å². The Bertz CT molecular complexity index is 838. The number of hydrogen-bond acceptors (Lipinski definition) is 7. The standard InChI is InChI=1S/C18H18N6O2/c19-12-14(17(26)22-15-3-1-4-16(25)11-15)13-23-7-9-24(10-8-23)18-20-5-2-6-21-18/h1-6,11,13,25H,7-10H2,(H,22,26)/b14-13-. The van der Waals surface area contributed by atoms with E-state index in [1.54, 1.807) is 36.8 Å². The molecule has 132 valence electrons. The second-order valence-electron chi connectivity index (χ2n) is 5.73. The third kappa shape index (κ3) is 4.27. The van der Waals surface area contributed by atoms with Crippen molar-refractivity contribution in [2.45, 2.75) is 0 Å². The Labute approximate surface area is 151 Å². The van der Waals surface area contributed by atoms with Crippen molar-refractivity contribution in [2.75, 3.05) is 36.4 Å². The number of phenolic OH excluding ortho intramolecular Hbond substituents is 1. The zero-order chi connectivity index (χ0) is 18.4. The van der Waals surface area contributed by atoms with Gasteiger partial charge in [0, 0.05) is 56.5 Å². The number of aromatic nitrogens is 2. The Kier molecular flexibility index (Phi) is 5.29. The van der Waals surface area contributed by atoms with E-state index in [1.807, 2.05) is 11.0 Å². The quantitative estimate of drug-likeness (QED) is 0.633. The molecule has 0 bridgehead atoms. The summed E-state index contributed by atoms with van der Waals surface area (Å²) in [6.07, 6.45) is 4.98. The fourth-order valence-corrected chi connectivity index (χ4v) is 2.61. The highest BCUT2D eigenvalue weighted by molar-refractivity contribution is 6.06. The van der Waals surface area contributed by atoms with Gasteiger partial charge in [-0.15, -0.1) is 0 Å². The topological polar surface area (TPSA) is 105 Å². The average Bonchev–Trinajstić information content (AvgIpc) is 2.67. The Morgan fingerprint density at radius 3 is 2.58 bits per heavy atom. The number of phenols is 1. The number of carbonyl (C=O) groups is 1. The zero-order valence-corrected chi connectivity index (χ0v) is 14.0. The van der Waals surface area contributed by atoms with Gasteiger partial charge >= 0.3 is 0 Å². The zero-order valence-electron chi connectivity index (χ0n) is 14.0. The molecule has 1 amide bonds. The van der Waals surface area contributed by atoms with E-state index in [0.717, 1.165) is 0 Å². The van der Waals surface area contributed by atoms with Crippen molar-refractivity contribution >= 4 is 17.5 Å². The summed E-state index contributed by atoms with van der Waals surface area (Å²) >= 11 is 0. The van der Waals surface area contributed by atoms with Crippen LogP contribution in [0.1, 0.15) is 0 Å². The maximum Gasteiger partial charge on any atom is 0.267 e. The van der Waals surface area contributed by atoms with Gasteiger partial charge in [-0.3, -0.25) is 4.79 Å². The van der Waals surface area contributed by atoms with E-state index in [4.69, 9.17) is 0 Å². The van der Waals surface area contributed by atoms with Gasteiger partial charge in [0.05, 0.1) is 0 Å². The molecule has 0 spiro atoms. The van der Waals surface area contributed by atoms with Crippen LogP contribution in [0.3, 0.4) is 0 Å². The minimum absolute atomic E-state index is 0.0118. The minimum Gasteiger partial charge on any atom is -0.508 e. The van der Waals surface area contributed by atoms with Gasteiger partial charge in [-0.25, -0.2) is 9.97 Å². The fourth-order valence-electron chi connectivity index (χ4n) is 2.61. The van der Waals surface area contributed by atoms with E-state index in [1.165, 1.54) is 12.1 Å². The monoisotopic (exact) mass is 350 g/mol. The van der Waals surface area contributed by atoms with Crippen molar-refractivity contribution < 1.29 is 9.90 Å². The molecule has 1 fully saturated rings. The molecule has 1 aromatic heterocycles. The van der Waals surface area contributed by atoms with E-state index >= 15 is 0 Å². The molecule has 0 atom stereocenters. The molecule has 0 radical (unpaired) electrons. The van der Waals surface area contributed by atoms with Gasteiger partial charge in [0.2, 0.25) is 5.95 Å². The lowest BCUT2D eigenvalue weighted by Crippen LogP contribution is -2.45. The van der Waals surface area contributed by atoms with Crippen LogP contribution in [0.2, 0.25) is 0 Å². The molecule has 2 heterocycles. The Balaban J connectivity index is 1.61. The van der Waals surface area contributed by atoms with Crippen molar-refractivity contribution in [1.29, 1.82) is 5.26 Å². The summed E-state index contributed by atoms with van der Waals surface area (Å²) in [4.78, 5) is 24.7. The first-order valence-electron chi connectivity index (χ1n) is 8.14. The summed E-state index contributed by atoms with van der Waals surface area (Å²) in [5, 5.41) is 21.4. The number of aromatic hydroxyl groups is 1. The number of nitrogens with one attached hydrogen (secondary N) is 1. The minimum atomic E-state index is -0.507. The third-order valence-electron chi connectivity index (χ3n) is 3.93. The summed E-state index contributed by atoms with van der Waals surface area (Å²) in [7, 11) is 0. The van der Waals surface area contributed by atoms with Gasteiger partial charge < -0.3 is 20.2 Å². The van der Waals surface area contributed by atoms with Gasteiger partial charge in [-0.1, -0.05) is 6.07 Å². The maximum absolute atomic E-state index is 12.3. The van der Waals surface area contributed by atoms with Gasteiger partial charge in [0.1, 0.15) is 17.4 Å². The number of anilines is 2. The SMILES string of the molecule is N#C/C(=C/N1CCN(c2ncccn2)CC1)C(=O)Nc1cccc(O)c1. The lowest BCUT2D eigenvalue weighted by Gasteiger charge is -2.34. The largest absolute Gasteiger partial charge is 0.508 e. The number of carbonyl (C=O) groups excluding carboxylic acids is 1. The molecule has 1 aromatic carbocycles. The first kappa shape index (κ1) is 17.2. The normalized spacial score (nSPS) is 14.7. The van der Waals surface area contributed by atoms with Crippen LogP contribution in [0.5, 0.6) is 5.75 Å². The number of amides is 1. The summed E-state index contributed by atoms with van der Waals surface area (Å²) in [5.41, 5.74) is 0.444. The fraction of sp³-hybridized carbons (Fsp3) is 0.222. The Morgan fingerprint density at radius 2 is 1.92 bits per heavy atom. The molecule has 1 aliphatic heterocycles. The van der Waals surface area contributed by atoms with Gasteiger partial charge in [0.25, 0.3) is 5.91 Å². The molecular weight excluding hydrogens is 332 g/mol. The molecule has 0 saturated carbocycles. The number of piperazine rings is 1. The number of nitriles is 1. The highest BCUT2D eigenvalue weighted by Crippen LogP contribution is 2.16. The van der Waals surface area contributed by atoms with Crippen molar-refractivity contribution in [3.63, 3.8) is 0 Å². The molecule has 2 N–H and O–H groups in total. The van der Waals surface area contributed by atoms with E-state index in [2.05, 4.69) is 20.2 Å². The van der Waals surface area contributed by atoms with Crippen LogP contribution in [0.25, 0.3) is 0 Å². The molecule has 2 aromatic rings. The molecule has 26 heavy (non-hydrogen) atoms. The second kappa shape index (κ2) is 7.98. The van der Waals surface area contributed by atoms with Gasteiger partial charge in [0.15, 0.2) is 0 Å². The van der Waals surface area contributed by atoms with Gasteiger partial charge in [-0.2, -0.15) is 5.26 Å². The highest BCUT2D eigenvalue weighted by Gasteiger charge is 2.19. The van der Waals surface area contributed by atoms with Crippen molar-refractivity contribution in [1.82, 2.24) is 14.9 Å². The number of nitrogens with zero attached hydrogens (tertiary/aromatic N) is 5. The predicted molar refractivity (Wildman–Crippen MR) is 96.3 cm³/mol. The van der Waals surface area contributed by atoms with E-state index in [0.29, 0.717) is 37.8 Å². The number of benzene rings is 1. The molecular formula is C18H18N6O2. The van der Waals surface area contributed by atoms with Crippen molar-refractivity contribution in [2.24, 2.45) is 0 Å². The first-order valence-corrected chi connectivity index (χ1v) is 8.14. The van der Waals surface area contributed by atoms with E-state index in [-0.39, 0.29) is 11.3 Å². The Hall–Kier alpha value is -3.60. The lowest BCUT2D eigenvalue weighted by molar-refractivity contribution is -0.112. The van der Waals surface area contributed by atoms with Crippen LogP contribution in [-0.4, -0.2) is 52.1 Å². The van der Waals surface area contributed by atoms with Crippen LogP contribution in [0, 0.1) is 11.3 Å². The molecule has 1 aliphatic rings. The van der Waals surface area contributed by atoms with Gasteiger partial charge in [-0.05, 0) is 18.2 Å². The molecule has 8 nitrogen and oxygen atoms in total. The molecule has 8 heteroatoms. The number of hydrogen-bond donors (Lipinski definition) is 2. The first-order chi connectivity index (χ1) is 12.7.